The molecule has 4 nitrogen and oxygen atoms in total. The molecule has 0 saturated carbocycles. The van der Waals surface area contributed by atoms with Crippen LogP contribution in [0.3, 0.4) is 0 Å². The van der Waals surface area contributed by atoms with Gasteiger partial charge in [0, 0.05) is 19.2 Å². The van der Waals surface area contributed by atoms with E-state index in [2.05, 4.69) is 13.8 Å². The average molecular weight is 367 g/mol. The second kappa shape index (κ2) is 11.1. The van der Waals surface area contributed by atoms with Gasteiger partial charge in [-0.25, -0.2) is 0 Å². The predicted octanol–water partition coefficient (Wildman–Crippen LogP) is 4.94. The largest absolute Gasteiger partial charge is 0.493 e. The highest BCUT2D eigenvalue weighted by molar-refractivity contribution is 5.91. The van der Waals surface area contributed by atoms with Crippen LogP contribution in [0.25, 0.3) is 6.08 Å². The molecule has 144 valence electrons. The maximum Gasteiger partial charge on any atom is 0.246 e. The normalized spacial score (nSPS) is 10.8. The molecule has 0 aliphatic rings. The van der Waals surface area contributed by atoms with Crippen LogP contribution in [0, 0.1) is 0 Å². The van der Waals surface area contributed by atoms with Crippen LogP contribution >= 0.6 is 0 Å². The number of carbonyl (C=O) groups excluding carboxylic acids is 1. The molecule has 0 aliphatic heterocycles. The second-order valence-corrected chi connectivity index (χ2v) is 6.34. The van der Waals surface area contributed by atoms with Crippen LogP contribution in [0.4, 0.5) is 0 Å². The fraction of sp³-hybridized carbons (Fsp3) is 0.348. The summed E-state index contributed by atoms with van der Waals surface area (Å²) in [4.78, 5) is 14.2. The molecule has 0 heterocycles. The third-order valence-electron chi connectivity index (χ3n) is 4.14. The van der Waals surface area contributed by atoms with Crippen molar-refractivity contribution >= 4 is 12.0 Å². The van der Waals surface area contributed by atoms with Gasteiger partial charge in [0.1, 0.15) is 6.61 Å². The van der Waals surface area contributed by atoms with E-state index < -0.39 is 0 Å². The van der Waals surface area contributed by atoms with Crippen molar-refractivity contribution in [2.24, 2.45) is 0 Å². The van der Waals surface area contributed by atoms with Gasteiger partial charge in [0.25, 0.3) is 0 Å². The van der Waals surface area contributed by atoms with Crippen molar-refractivity contribution in [2.45, 2.75) is 33.3 Å². The van der Waals surface area contributed by atoms with E-state index in [4.69, 9.17) is 9.47 Å². The lowest BCUT2D eigenvalue weighted by Gasteiger charge is -2.19. The number of amides is 1. The molecule has 2 rings (SSSR count). The van der Waals surface area contributed by atoms with Crippen LogP contribution in [0.15, 0.2) is 54.6 Å². The van der Waals surface area contributed by atoms with Gasteiger partial charge in [-0.1, -0.05) is 50.2 Å². The Bertz CT molecular complexity index is 735. The first kappa shape index (κ1) is 20.6. The minimum Gasteiger partial charge on any atom is -0.493 e. The molecule has 0 saturated heterocycles. The van der Waals surface area contributed by atoms with Gasteiger partial charge in [-0.15, -0.1) is 0 Å². The molecule has 0 bridgehead atoms. The van der Waals surface area contributed by atoms with Crippen molar-refractivity contribution < 1.29 is 14.3 Å². The highest BCUT2D eigenvalue weighted by Crippen LogP contribution is 2.29. The summed E-state index contributed by atoms with van der Waals surface area (Å²) in [5.41, 5.74) is 2.00. The molecule has 0 N–H and O–H groups in total. The van der Waals surface area contributed by atoms with Crippen molar-refractivity contribution in [3.8, 4) is 11.5 Å². The van der Waals surface area contributed by atoms with E-state index in [1.807, 2.05) is 59.5 Å². The van der Waals surface area contributed by atoms with Crippen molar-refractivity contribution in [1.82, 2.24) is 4.90 Å². The van der Waals surface area contributed by atoms with Crippen molar-refractivity contribution in [3.05, 3.63) is 65.7 Å². The van der Waals surface area contributed by atoms with Gasteiger partial charge in [-0.3, -0.25) is 4.79 Å². The smallest absolute Gasteiger partial charge is 0.246 e. The topological polar surface area (TPSA) is 38.8 Å². The van der Waals surface area contributed by atoms with Crippen molar-refractivity contribution in [1.29, 1.82) is 0 Å². The zero-order chi connectivity index (χ0) is 19.5. The highest BCUT2D eigenvalue weighted by atomic mass is 16.5. The van der Waals surface area contributed by atoms with Crippen molar-refractivity contribution in [2.75, 3.05) is 20.2 Å². The Morgan fingerprint density at radius 3 is 2.33 bits per heavy atom. The van der Waals surface area contributed by atoms with Crippen molar-refractivity contribution in [3.63, 3.8) is 0 Å². The Balaban J connectivity index is 2.04. The molecule has 0 unspecified atom stereocenters. The van der Waals surface area contributed by atoms with E-state index in [0.717, 1.165) is 37.1 Å². The number of carbonyl (C=O) groups is 1. The number of methoxy groups -OCH3 is 1. The SMILES string of the molecule is CCCN(CCC)C(=O)/C=C/c1ccc(OCc2ccccc2)c(OC)c1. The van der Waals surface area contributed by atoms with Crippen LogP contribution in [0.5, 0.6) is 11.5 Å². The van der Waals surface area contributed by atoms with Crippen LogP contribution in [-0.2, 0) is 11.4 Å². The van der Waals surface area contributed by atoms with Crippen LogP contribution in [0.2, 0.25) is 0 Å². The Morgan fingerprint density at radius 2 is 1.70 bits per heavy atom. The van der Waals surface area contributed by atoms with E-state index >= 15 is 0 Å². The molecule has 27 heavy (non-hydrogen) atoms. The molecule has 2 aromatic rings. The number of ether oxygens (including phenoxy) is 2. The summed E-state index contributed by atoms with van der Waals surface area (Å²) in [7, 11) is 1.62. The summed E-state index contributed by atoms with van der Waals surface area (Å²) in [5.74, 6) is 1.38. The minimum absolute atomic E-state index is 0.0436. The Hall–Kier alpha value is -2.75. The quantitative estimate of drug-likeness (QED) is 0.559. The van der Waals surface area contributed by atoms with Gasteiger partial charge >= 0.3 is 0 Å². The predicted molar refractivity (Wildman–Crippen MR) is 110 cm³/mol. The summed E-state index contributed by atoms with van der Waals surface area (Å²) in [5, 5.41) is 0. The molecule has 0 radical (unpaired) electrons. The molecule has 0 aromatic heterocycles. The lowest BCUT2D eigenvalue weighted by Crippen LogP contribution is -2.30. The summed E-state index contributed by atoms with van der Waals surface area (Å²) in [6.07, 6.45) is 5.37. The zero-order valence-electron chi connectivity index (χ0n) is 16.5. The van der Waals surface area contributed by atoms with Gasteiger partial charge in [0.05, 0.1) is 7.11 Å². The fourth-order valence-electron chi connectivity index (χ4n) is 2.79. The number of benzene rings is 2. The van der Waals surface area contributed by atoms with E-state index in [9.17, 15) is 4.79 Å². The minimum atomic E-state index is 0.0436. The van der Waals surface area contributed by atoms with E-state index in [1.54, 1.807) is 13.2 Å². The molecule has 0 fully saturated rings. The summed E-state index contributed by atoms with van der Waals surface area (Å²) < 4.78 is 11.3. The summed E-state index contributed by atoms with van der Waals surface area (Å²) >= 11 is 0. The molecular formula is C23H29NO3. The first-order chi connectivity index (χ1) is 13.2. The van der Waals surface area contributed by atoms with E-state index in [0.29, 0.717) is 18.1 Å². The first-order valence-corrected chi connectivity index (χ1v) is 9.49. The highest BCUT2D eigenvalue weighted by Gasteiger charge is 2.09. The maximum absolute atomic E-state index is 12.4. The van der Waals surface area contributed by atoms with E-state index in [1.165, 1.54) is 0 Å². The third kappa shape index (κ3) is 6.48. The molecule has 0 spiro atoms. The monoisotopic (exact) mass is 367 g/mol. The standard InChI is InChI=1S/C23H29NO3/c1-4-15-24(16-5-2)23(25)14-12-19-11-13-21(22(17-19)26-3)27-18-20-9-7-6-8-10-20/h6-14,17H,4-5,15-16,18H2,1-3H3/b14-12+. The van der Waals surface area contributed by atoms with Crippen LogP contribution in [-0.4, -0.2) is 31.0 Å². The number of rotatable bonds is 10. The molecule has 0 aliphatic carbocycles. The number of hydrogen-bond acceptors (Lipinski definition) is 3. The summed E-state index contributed by atoms with van der Waals surface area (Å²) in [6.45, 7) is 6.21. The molecule has 1 amide bonds. The molecule has 0 atom stereocenters. The van der Waals surface area contributed by atoms with Gasteiger partial charge in [-0.05, 0) is 42.2 Å². The third-order valence-corrected chi connectivity index (χ3v) is 4.14. The zero-order valence-corrected chi connectivity index (χ0v) is 16.5. The van der Waals surface area contributed by atoms with E-state index in [-0.39, 0.29) is 5.91 Å². The fourth-order valence-corrected chi connectivity index (χ4v) is 2.79. The Morgan fingerprint density at radius 1 is 1.00 bits per heavy atom. The second-order valence-electron chi connectivity index (χ2n) is 6.34. The summed E-state index contributed by atoms with van der Waals surface area (Å²) in [6, 6.07) is 15.7. The molecular weight excluding hydrogens is 338 g/mol. The number of hydrogen-bond donors (Lipinski definition) is 0. The lowest BCUT2D eigenvalue weighted by atomic mass is 10.1. The van der Waals surface area contributed by atoms with Crippen LogP contribution < -0.4 is 9.47 Å². The van der Waals surface area contributed by atoms with Gasteiger partial charge in [0.15, 0.2) is 11.5 Å². The number of nitrogens with zero attached hydrogens (tertiary/aromatic N) is 1. The lowest BCUT2D eigenvalue weighted by molar-refractivity contribution is -0.126. The van der Waals surface area contributed by atoms with Gasteiger partial charge in [-0.2, -0.15) is 0 Å². The Kier molecular flexibility index (Phi) is 8.43. The van der Waals surface area contributed by atoms with Gasteiger partial charge < -0.3 is 14.4 Å². The van der Waals surface area contributed by atoms with Gasteiger partial charge in [0.2, 0.25) is 5.91 Å². The average Bonchev–Trinajstić information content (AvgIpc) is 2.71. The Labute approximate surface area is 162 Å². The molecule has 2 aromatic carbocycles. The molecule has 4 heteroatoms. The maximum atomic E-state index is 12.4. The van der Waals surface area contributed by atoms with Crippen LogP contribution in [0.1, 0.15) is 37.8 Å². The first-order valence-electron chi connectivity index (χ1n) is 9.49.